The van der Waals surface area contributed by atoms with E-state index in [0.717, 1.165) is 29.0 Å². The highest BCUT2D eigenvalue weighted by atomic mass is 16.5. The van der Waals surface area contributed by atoms with Crippen LogP contribution >= 0.6 is 0 Å². The number of methoxy groups -OCH3 is 1. The highest BCUT2D eigenvalue weighted by Gasteiger charge is 2.07. The van der Waals surface area contributed by atoms with Crippen LogP contribution in [0, 0.1) is 0 Å². The van der Waals surface area contributed by atoms with Gasteiger partial charge in [0.2, 0.25) is 5.91 Å². The molecule has 2 aromatic carbocycles. The van der Waals surface area contributed by atoms with E-state index in [9.17, 15) is 4.79 Å². The molecule has 2 aromatic rings. The third-order valence-corrected chi connectivity index (χ3v) is 3.21. The summed E-state index contributed by atoms with van der Waals surface area (Å²) in [5.74, 6) is 0.744. The van der Waals surface area contributed by atoms with Crippen molar-refractivity contribution in [1.29, 1.82) is 0 Å². The second-order valence-electron chi connectivity index (χ2n) is 4.83. The molecule has 0 spiro atoms. The molecule has 0 aliphatic rings. The summed E-state index contributed by atoms with van der Waals surface area (Å²) in [5.41, 5.74) is 9.64. The van der Waals surface area contributed by atoms with E-state index in [1.54, 1.807) is 7.11 Å². The molecule has 0 radical (unpaired) electrons. The highest BCUT2D eigenvalue weighted by Crippen LogP contribution is 2.31. The summed E-state index contributed by atoms with van der Waals surface area (Å²) in [6.07, 6.45) is 0.834. The molecule has 3 N–H and O–H groups in total. The van der Waals surface area contributed by atoms with Gasteiger partial charge in [-0.25, -0.2) is 0 Å². The zero-order valence-corrected chi connectivity index (χ0v) is 12.3. The standard InChI is InChI=1S/C17H20N2O2/c1-12(20)19-15-6-4-14(5-7-15)16-11-13(9-10-18)3-8-17(16)21-2/h3-8,11H,9-10,18H2,1-2H3,(H,19,20). The fourth-order valence-corrected chi connectivity index (χ4v) is 2.24. The lowest BCUT2D eigenvalue weighted by atomic mass is 10.0. The maximum Gasteiger partial charge on any atom is 0.221 e. The Hall–Kier alpha value is -2.33. The van der Waals surface area contributed by atoms with Crippen molar-refractivity contribution in [3.05, 3.63) is 48.0 Å². The molecule has 0 unspecified atom stereocenters. The lowest BCUT2D eigenvalue weighted by molar-refractivity contribution is -0.114. The first-order valence-electron chi connectivity index (χ1n) is 6.89. The van der Waals surface area contributed by atoms with Gasteiger partial charge >= 0.3 is 0 Å². The Bertz CT molecular complexity index is 621. The number of hydrogen-bond acceptors (Lipinski definition) is 3. The van der Waals surface area contributed by atoms with Crippen molar-refractivity contribution in [1.82, 2.24) is 0 Å². The number of amides is 1. The summed E-state index contributed by atoms with van der Waals surface area (Å²) < 4.78 is 5.43. The SMILES string of the molecule is COc1ccc(CCN)cc1-c1ccc(NC(C)=O)cc1. The summed E-state index contributed by atoms with van der Waals surface area (Å²) >= 11 is 0. The van der Waals surface area contributed by atoms with Gasteiger partial charge in [-0.05, 0) is 48.4 Å². The van der Waals surface area contributed by atoms with E-state index in [0.29, 0.717) is 6.54 Å². The summed E-state index contributed by atoms with van der Waals surface area (Å²) in [7, 11) is 1.66. The number of anilines is 1. The molecule has 21 heavy (non-hydrogen) atoms. The second-order valence-corrected chi connectivity index (χ2v) is 4.83. The van der Waals surface area contributed by atoms with Crippen molar-refractivity contribution < 1.29 is 9.53 Å². The zero-order valence-electron chi connectivity index (χ0n) is 12.3. The van der Waals surface area contributed by atoms with Crippen LogP contribution in [0.1, 0.15) is 12.5 Å². The monoisotopic (exact) mass is 284 g/mol. The van der Waals surface area contributed by atoms with Crippen LogP contribution in [0.4, 0.5) is 5.69 Å². The van der Waals surface area contributed by atoms with Gasteiger partial charge in [0.1, 0.15) is 5.75 Å². The van der Waals surface area contributed by atoms with Crippen molar-refractivity contribution >= 4 is 11.6 Å². The van der Waals surface area contributed by atoms with Crippen molar-refractivity contribution in [3.8, 4) is 16.9 Å². The fourth-order valence-electron chi connectivity index (χ4n) is 2.24. The Morgan fingerprint density at radius 3 is 2.48 bits per heavy atom. The number of nitrogens with one attached hydrogen (secondary N) is 1. The minimum absolute atomic E-state index is 0.0785. The molecule has 2 rings (SSSR count). The molecule has 110 valence electrons. The van der Waals surface area contributed by atoms with Gasteiger partial charge in [0.25, 0.3) is 0 Å². The molecule has 0 bridgehead atoms. The number of ether oxygens (including phenoxy) is 1. The van der Waals surface area contributed by atoms with Gasteiger partial charge in [-0.3, -0.25) is 4.79 Å². The summed E-state index contributed by atoms with van der Waals surface area (Å²) in [6.45, 7) is 2.11. The molecule has 0 saturated carbocycles. The fraction of sp³-hybridized carbons (Fsp3) is 0.235. The molecule has 0 aromatic heterocycles. The number of carbonyl (C=O) groups excluding carboxylic acids is 1. The zero-order chi connectivity index (χ0) is 15.2. The van der Waals surface area contributed by atoms with Crippen LogP contribution in [0.3, 0.4) is 0 Å². The Morgan fingerprint density at radius 2 is 1.90 bits per heavy atom. The number of nitrogens with two attached hydrogens (primary N) is 1. The molecular formula is C17H20N2O2. The Kier molecular flexibility index (Phi) is 4.95. The van der Waals surface area contributed by atoms with Gasteiger partial charge in [-0.2, -0.15) is 0 Å². The summed E-state index contributed by atoms with van der Waals surface area (Å²) in [4.78, 5) is 11.0. The summed E-state index contributed by atoms with van der Waals surface area (Å²) in [5, 5.41) is 2.76. The maximum absolute atomic E-state index is 11.0. The average Bonchev–Trinajstić information content (AvgIpc) is 2.48. The molecule has 4 heteroatoms. The number of rotatable bonds is 5. The normalized spacial score (nSPS) is 10.2. The van der Waals surface area contributed by atoms with E-state index in [1.165, 1.54) is 12.5 Å². The summed E-state index contributed by atoms with van der Waals surface area (Å²) in [6, 6.07) is 13.8. The van der Waals surface area contributed by atoms with Crippen LogP contribution in [-0.4, -0.2) is 19.6 Å². The van der Waals surface area contributed by atoms with E-state index in [1.807, 2.05) is 36.4 Å². The van der Waals surface area contributed by atoms with Gasteiger partial charge in [0, 0.05) is 18.2 Å². The molecule has 0 atom stereocenters. The van der Waals surface area contributed by atoms with Crippen LogP contribution in [-0.2, 0) is 11.2 Å². The predicted octanol–water partition coefficient (Wildman–Crippen LogP) is 2.82. The molecule has 1 amide bonds. The quantitative estimate of drug-likeness (QED) is 0.887. The minimum Gasteiger partial charge on any atom is -0.496 e. The van der Waals surface area contributed by atoms with Crippen LogP contribution < -0.4 is 15.8 Å². The molecular weight excluding hydrogens is 264 g/mol. The molecule has 0 aliphatic carbocycles. The van der Waals surface area contributed by atoms with Gasteiger partial charge in [-0.15, -0.1) is 0 Å². The van der Waals surface area contributed by atoms with Crippen molar-refractivity contribution in [2.45, 2.75) is 13.3 Å². The lowest BCUT2D eigenvalue weighted by Crippen LogP contribution is -2.05. The van der Waals surface area contributed by atoms with E-state index in [-0.39, 0.29) is 5.91 Å². The second kappa shape index (κ2) is 6.90. The predicted molar refractivity (Wildman–Crippen MR) is 85.5 cm³/mol. The first-order chi connectivity index (χ1) is 10.1. The van der Waals surface area contributed by atoms with Crippen molar-refractivity contribution in [2.75, 3.05) is 19.0 Å². The van der Waals surface area contributed by atoms with Crippen LogP contribution in [0.25, 0.3) is 11.1 Å². The van der Waals surface area contributed by atoms with Crippen LogP contribution in [0.2, 0.25) is 0 Å². The Morgan fingerprint density at radius 1 is 1.19 bits per heavy atom. The third kappa shape index (κ3) is 3.83. The van der Waals surface area contributed by atoms with E-state index in [4.69, 9.17) is 10.5 Å². The van der Waals surface area contributed by atoms with E-state index >= 15 is 0 Å². The van der Waals surface area contributed by atoms with Gasteiger partial charge in [-0.1, -0.05) is 18.2 Å². The minimum atomic E-state index is -0.0785. The molecule has 0 aliphatic heterocycles. The first kappa shape index (κ1) is 15.1. The van der Waals surface area contributed by atoms with E-state index < -0.39 is 0 Å². The highest BCUT2D eigenvalue weighted by molar-refractivity contribution is 5.89. The molecule has 0 heterocycles. The number of carbonyl (C=O) groups is 1. The smallest absolute Gasteiger partial charge is 0.221 e. The number of benzene rings is 2. The number of hydrogen-bond donors (Lipinski definition) is 2. The van der Waals surface area contributed by atoms with Crippen LogP contribution in [0.15, 0.2) is 42.5 Å². The first-order valence-corrected chi connectivity index (χ1v) is 6.89. The average molecular weight is 284 g/mol. The van der Waals surface area contributed by atoms with Crippen molar-refractivity contribution in [3.63, 3.8) is 0 Å². The molecule has 0 saturated heterocycles. The maximum atomic E-state index is 11.0. The van der Waals surface area contributed by atoms with Crippen LogP contribution in [0.5, 0.6) is 5.75 Å². The van der Waals surface area contributed by atoms with Gasteiger partial charge in [0.15, 0.2) is 0 Å². The third-order valence-electron chi connectivity index (χ3n) is 3.21. The topological polar surface area (TPSA) is 64.3 Å². The Balaban J connectivity index is 2.35. The molecule has 4 nitrogen and oxygen atoms in total. The van der Waals surface area contributed by atoms with Crippen molar-refractivity contribution in [2.24, 2.45) is 5.73 Å². The van der Waals surface area contributed by atoms with Gasteiger partial charge < -0.3 is 15.8 Å². The molecule has 0 fully saturated rings. The van der Waals surface area contributed by atoms with Gasteiger partial charge in [0.05, 0.1) is 7.11 Å². The lowest BCUT2D eigenvalue weighted by Gasteiger charge is -2.11. The van der Waals surface area contributed by atoms with E-state index in [2.05, 4.69) is 11.4 Å². The largest absolute Gasteiger partial charge is 0.496 e. The Labute approximate surface area is 124 Å².